The molecule has 2 saturated heterocycles. The van der Waals surface area contributed by atoms with Gasteiger partial charge in [0, 0.05) is 57.8 Å². The zero-order chi connectivity index (χ0) is 23.0. The summed E-state index contributed by atoms with van der Waals surface area (Å²) in [5, 5.41) is 2.91. The average Bonchev–Trinajstić information content (AvgIpc) is 3.53. The summed E-state index contributed by atoms with van der Waals surface area (Å²) < 4.78 is 5.98. The van der Waals surface area contributed by atoms with Crippen LogP contribution in [0.15, 0.2) is 24.5 Å². The molecule has 2 amide bonds. The first kappa shape index (κ1) is 24.1. The fourth-order valence-corrected chi connectivity index (χ4v) is 5.64. The molecule has 1 saturated carbocycles. The third kappa shape index (κ3) is 6.31. The van der Waals surface area contributed by atoms with Crippen LogP contribution < -0.4 is 11.1 Å². The van der Waals surface area contributed by atoms with Gasteiger partial charge in [-0.1, -0.05) is 19.3 Å². The van der Waals surface area contributed by atoms with Crippen molar-refractivity contribution in [2.75, 3.05) is 39.3 Å². The number of amides is 2. The highest BCUT2D eigenvalue weighted by Crippen LogP contribution is 2.30. The molecule has 3 aliphatic rings. The van der Waals surface area contributed by atoms with E-state index in [2.05, 4.69) is 15.2 Å². The number of likely N-dealkylation sites (tertiary alicyclic amines) is 1. The summed E-state index contributed by atoms with van der Waals surface area (Å²) in [6.45, 7) is 4.09. The normalized spacial score (nSPS) is 26.1. The van der Waals surface area contributed by atoms with E-state index in [1.54, 1.807) is 29.4 Å². The number of ether oxygens (including phenoxy) is 1. The maximum atomic E-state index is 13.4. The molecule has 182 valence electrons. The second-order valence-electron chi connectivity index (χ2n) is 9.78. The molecule has 0 radical (unpaired) electrons. The van der Waals surface area contributed by atoms with Gasteiger partial charge in [0.1, 0.15) is 6.04 Å². The highest BCUT2D eigenvalue weighted by Gasteiger charge is 2.43. The van der Waals surface area contributed by atoms with Crippen molar-refractivity contribution in [2.24, 2.45) is 11.7 Å². The Morgan fingerprint density at radius 3 is 2.73 bits per heavy atom. The second-order valence-corrected chi connectivity index (χ2v) is 9.78. The molecule has 0 aromatic carbocycles. The van der Waals surface area contributed by atoms with E-state index in [0.717, 1.165) is 32.5 Å². The van der Waals surface area contributed by atoms with E-state index >= 15 is 0 Å². The van der Waals surface area contributed by atoms with E-state index in [-0.39, 0.29) is 24.0 Å². The Kier molecular flexibility index (Phi) is 8.69. The van der Waals surface area contributed by atoms with E-state index in [1.165, 1.54) is 32.1 Å². The van der Waals surface area contributed by atoms with Crippen molar-refractivity contribution >= 4 is 11.8 Å². The zero-order valence-electron chi connectivity index (χ0n) is 19.7. The number of nitrogens with zero attached hydrogens (tertiary/aromatic N) is 3. The Labute approximate surface area is 197 Å². The Morgan fingerprint density at radius 2 is 2.03 bits per heavy atom. The molecule has 33 heavy (non-hydrogen) atoms. The molecular formula is C25H39N5O3. The molecule has 3 heterocycles. The van der Waals surface area contributed by atoms with Gasteiger partial charge in [0.25, 0.3) is 5.91 Å². The third-order valence-electron chi connectivity index (χ3n) is 7.39. The number of carbonyl (C=O) groups excluding carboxylic acids is 2. The van der Waals surface area contributed by atoms with Gasteiger partial charge < -0.3 is 20.7 Å². The van der Waals surface area contributed by atoms with Crippen molar-refractivity contribution < 1.29 is 14.3 Å². The van der Waals surface area contributed by atoms with Gasteiger partial charge in [-0.2, -0.15) is 0 Å². The topological polar surface area (TPSA) is 101 Å². The number of hydrogen-bond acceptors (Lipinski definition) is 6. The van der Waals surface area contributed by atoms with Gasteiger partial charge in [0.2, 0.25) is 5.91 Å². The van der Waals surface area contributed by atoms with Crippen molar-refractivity contribution in [3.05, 3.63) is 30.1 Å². The largest absolute Gasteiger partial charge is 0.377 e. The zero-order valence-corrected chi connectivity index (χ0v) is 19.7. The maximum Gasteiger partial charge on any atom is 0.256 e. The Bertz CT molecular complexity index is 765. The number of aromatic nitrogens is 1. The van der Waals surface area contributed by atoms with E-state index in [4.69, 9.17) is 10.5 Å². The van der Waals surface area contributed by atoms with E-state index in [0.29, 0.717) is 37.5 Å². The van der Waals surface area contributed by atoms with Crippen molar-refractivity contribution in [2.45, 2.75) is 69.6 Å². The standard InChI is InChI=1S/C25H39N5O3/c26-10-12-28-24(31)23-14-21(17-30(23)25(32)20-8-4-11-27-15-20)29(18-22-9-5-13-33-22)16-19-6-2-1-3-7-19/h4,8,11,15,19,21-23H,1-3,5-7,9-10,12-14,16-18,26H2,(H,28,31). The van der Waals surface area contributed by atoms with Gasteiger partial charge in [0.15, 0.2) is 0 Å². The van der Waals surface area contributed by atoms with E-state index < -0.39 is 6.04 Å². The Hall–Kier alpha value is -2.03. The number of nitrogens with one attached hydrogen (secondary N) is 1. The lowest BCUT2D eigenvalue weighted by atomic mass is 9.88. The average molecular weight is 458 g/mol. The van der Waals surface area contributed by atoms with Crippen molar-refractivity contribution in [1.29, 1.82) is 0 Å². The number of nitrogens with two attached hydrogens (primary N) is 1. The molecule has 3 unspecified atom stereocenters. The van der Waals surface area contributed by atoms with Crippen LogP contribution in [0.3, 0.4) is 0 Å². The summed E-state index contributed by atoms with van der Waals surface area (Å²) in [6.07, 6.45) is 12.8. The van der Waals surface area contributed by atoms with Crippen LogP contribution in [0, 0.1) is 5.92 Å². The molecule has 0 spiro atoms. The molecule has 3 N–H and O–H groups in total. The van der Waals surface area contributed by atoms with Gasteiger partial charge in [-0.3, -0.25) is 19.5 Å². The minimum atomic E-state index is -0.493. The van der Waals surface area contributed by atoms with Gasteiger partial charge in [0.05, 0.1) is 11.7 Å². The Morgan fingerprint density at radius 1 is 1.18 bits per heavy atom. The van der Waals surface area contributed by atoms with Crippen molar-refractivity contribution in [3.8, 4) is 0 Å². The molecule has 1 aromatic heterocycles. The van der Waals surface area contributed by atoms with Crippen LogP contribution in [0.25, 0.3) is 0 Å². The summed E-state index contributed by atoms with van der Waals surface area (Å²) in [6, 6.07) is 3.18. The fourth-order valence-electron chi connectivity index (χ4n) is 5.64. The Balaban J connectivity index is 1.52. The molecule has 1 aromatic rings. The molecule has 8 nitrogen and oxygen atoms in total. The molecule has 8 heteroatoms. The summed E-state index contributed by atoms with van der Waals surface area (Å²) in [5.41, 5.74) is 6.13. The van der Waals surface area contributed by atoms with Crippen molar-refractivity contribution in [3.63, 3.8) is 0 Å². The molecule has 1 aliphatic carbocycles. The van der Waals surface area contributed by atoms with Crippen LogP contribution in [0.5, 0.6) is 0 Å². The highest BCUT2D eigenvalue weighted by atomic mass is 16.5. The van der Waals surface area contributed by atoms with Gasteiger partial charge in [-0.05, 0) is 50.2 Å². The fraction of sp³-hybridized carbons (Fsp3) is 0.720. The first-order valence-electron chi connectivity index (χ1n) is 12.7. The van der Waals surface area contributed by atoms with Crippen LogP contribution in [-0.4, -0.2) is 84.1 Å². The predicted molar refractivity (Wildman–Crippen MR) is 127 cm³/mol. The molecule has 3 atom stereocenters. The summed E-state index contributed by atoms with van der Waals surface area (Å²) in [5.74, 6) is 0.441. The SMILES string of the molecule is NCCNC(=O)C1CC(N(CC2CCCCC2)CC2CCCO2)CN1C(=O)c1cccnc1. The number of rotatable bonds is 9. The first-order chi connectivity index (χ1) is 16.2. The lowest BCUT2D eigenvalue weighted by Crippen LogP contribution is -2.47. The van der Waals surface area contributed by atoms with Crippen LogP contribution in [-0.2, 0) is 9.53 Å². The maximum absolute atomic E-state index is 13.4. The van der Waals surface area contributed by atoms with Gasteiger partial charge >= 0.3 is 0 Å². The van der Waals surface area contributed by atoms with Crippen molar-refractivity contribution in [1.82, 2.24) is 20.1 Å². The lowest BCUT2D eigenvalue weighted by Gasteiger charge is -2.35. The van der Waals surface area contributed by atoms with Crippen LogP contribution in [0.4, 0.5) is 0 Å². The second kappa shape index (κ2) is 11.9. The van der Waals surface area contributed by atoms with Gasteiger partial charge in [-0.25, -0.2) is 0 Å². The van der Waals surface area contributed by atoms with Crippen LogP contribution in [0.1, 0.15) is 61.7 Å². The molecule has 0 bridgehead atoms. The number of hydrogen-bond donors (Lipinski definition) is 2. The minimum absolute atomic E-state index is 0.116. The van der Waals surface area contributed by atoms with E-state index in [9.17, 15) is 9.59 Å². The van der Waals surface area contributed by atoms with Crippen LogP contribution >= 0.6 is 0 Å². The highest BCUT2D eigenvalue weighted by molar-refractivity contribution is 5.97. The summed E-state index contributed by atoms with van der Waals surface area (Å²) >= 11 is 0. The van der Waals surface area contributed by atoms with E-state index in [1.807, 2.05) is 0 Å². The third-order valence-corrected chi connectivity index (χ3v) is 7.39. The van der Waals surface area contributed by atoms with Crippen LogP contribution in [0.2, 0.25) is 0 Å². The number of pyridine rings is 1. The lowest BCUT2D eigenvalue weighted by molar-refractivity contribution is -0.124. The predicted octanol–water partition coefficient (Wildman–Crippen LogP) is 1.80. The molecule has 2 aliphatic heterocycles. The summed E-state index contributed by atoms with van der Waals surface area (Å²) in [7, 11) is 0. The minimum Gasteiger partial charge on any atom is -0.377 e. The first-order valence-corrected chi connectivity index (χ1v) is 12.7. The number of carbonyl (C=O) groups is 2. The van der Waals surface area contributed by atoms with Gasteiger partial charge in [-0.15, -0.1) is 0 Å². The monoisotopic (exact) mass is 457 g/mol. The smallest absolute Gasteiger partial charge is 0.256 e. The summed E-state index contributed by atoms with van der Waals surface area (Å²) in [4.78, 5) is 34.8. The quantitative estimate of drug-likeness (QED) is 0.587. The molecule has 4 rings (SSSR count). The molecule has 3 fully saturated rings. The molecular weight excluding hydrogens is 418 g/mol.